The summed E-state index contributed by atoms with van der Waals surface area (Å²) in [6.45, 7) is 3.28. The first-order chi connectivity index (χ1) is 10.6. The molecule has 0 saturated carbocycles. The summed E-state index contributed by atoms with van der Waals surface area (Å²) in [5, 5.41) is 11.5. The van der Waals surface area contributed by atoms with E-state index in [1.54, 1.807) is 13.8 Å². The normalized spacial score (nSPS) is 12.1. The molecular weight excluding hydrogens is 335 g/mol. The Kier molecular flexibility index (Phi) is 6.04. The van der Waals surface area contributed by atoms with Crippen LogP contribution in [0.3, 0.4) is 0 Å². The van der Waals surface area contributed by atoms with E-state index in [-0.39, 0.29) is 30.0 Å². The number of alkyl halides is 3. The Morgan fingerprint density at radius 1 is 1.22 bits per heavy atom. The molecule has 0 aliphatic carbocycles. The van der Waals surface area contributed by atoms with E-state index >= 15 is 0 Å². The van der Waals surface area contributed by atoms with Crippen molar-refractivity contribution in [3.05, 3.63) is 28.8 Å². The number of carboxylic acid groups (broad SMARTS) is 1. The maximum Gasteiger partial charge on any atom is 0.416 e. The first-order valence-electron chi connectivity index (χ1n) is 6.95. The van der Waals surface area contributed by atoms with Crippen LogP contribution in [-0.2, 0) is 15.8 Å². The summed E-state index contributed by atoms with van der Waals surface area (Å²) in [6, 6.07) is 2.56. The fraction of sp³-hybridized carbons (Fsp3) is 0.467. The Morgan fingerprint density at radius 3 is 2.22 bits per heavy atom. The van der Waals surface area contributed by atoms with E-state index in [9.17, 15) is 27.9 Å². The summed E-state index contributed by atoms with van der Waals surface area (Å²) >= 11 is 5.79. The molecule has 4 nitrogen and oxygen atoms in total. The highest BCUT2D eigenvalue weighted by Crippen LogP contribution is 2.35. The van der Waals surface area contributed by atoms with Crippen LogP contribution in [0.4, 0.5) is 18.9 Å². The van der Waals surface area contributed by atoms with E-state index in [0.29, 0.717) is 0 Å². The molecule has 2 N–H and O–H groups in total. The number of hydrogen-bond donors (Lipinski definition) is 2. The van der Waals surface area contributed by atoms with Gasteiger partial charge in [-0.3, -0.25) is 9.59 Å². The lowest BCUT2D eigenvalue weighted by Gasteiger charge is -2.26. The summed E-state index contributed by atoms with van der Waals surface area (Å²) in [5.41, 5.74) is -2.40. The van der Waals surface area contributed by atoms with Crippen molar-refractivity contribution in [2.45, 2.75) is 39.3 Å². The predicted octanol–water partition coefficient (Wildman–Crippen LogP) is 4.58. The standard InChI is InChI=1S/C15H17ClF3NO3/c1-3-14(4-2,13(22)23)8-12(21)20-11-7-9(15(17,18)19)5-6-10(11)16/h5-7H,3-4,8H2,1-2H3,(H,20,21)(H,22,23). The first-order valence-corrected chi connectivity index (χ1v) is 7.33. The Labute approximate surface area is 136 Å². The van der Waals surface area contributed by atoms with Gasteiger partial charge >= 0.3 is 12.1 Å². The molecule has 0 fully saturated rings. The number of amides is 1. The number of carbonyl (C=O) groups is 2. The minimum atomic E-state index is -4.57. The van der Waals surface area contributed by atoms with Crippen LogP contribution in [-0.4, -0.2) is 17.0 Å². The maximum absolute atomic E-state index is 12.7. The fourth-order valence-corrected chi connectivity index (χ4v) is 2.34. The van der Waals surface area contributed by atoms with Crippen LogP contribution in [0.1, 0.15) is 38.7 Å². The molecule has 0 aliphatic rings. The molecule has 0 heterocycles. The number of rotatable bonds is 6. The van der Waals surface area contributed by atoms with Crippen molar-refractivity contribution in [1.29, 1.82) is 0 Å². The lowest BCUT2D eigenvalue weighted by atomic mass is 9.79. The number of halogens is 4. The quantitative estimate of drug-likeness (QED) is 0.788. The Hall–Kier alpha value is -1.76. The zero-order valence-corrected chi connectivity index (χ0v) is 13.4. The van der Waals surface area contributed by atoms with Crippen LogP contribution < -0.4 is 5.32 Å². The summed E-state index contributed by atoms with van der Waals surface area (Å²) in [6.07, 6.45) is -4.46. The van der Waals surface area contributed by atoms with E-state index in [4.69, 9.17) is 11.6 Å². The minimum absolute atomic E-state index is 0.0553. The van der Waals surface area contributed by atoms with E-state index in [1.807, 2.05) is 0 Å². The molecule has 0 saturated heterocycles. The van der Waals surface area contributed by atoms with Gasteiger partial charge in [0.1, 0.15) is 0 Å². The molecule has 0 aliphatic heterocycles. The van der Waals surface area contributed by atoms with Gasteiger partial charge in [0, 0.05) is 6.42 Å². The molecule has 0 spiro atoms. The Balaban J connectivity index is 2.99. The lowest BCUT2D eigenvalue weighted by Crippen LogP contribution is -2.34. The number of hydrogen-bond acceptors (Lipinski definition) is 2. The van der Waals surface area contributed by atoms with E-state index < -0.39 is 29.0 Å². The van der Waals surface area contributed by atoms with Crippen molar-refractivity contribution in [3.63, 3.8) is 0 Å². The third-order valence-electron chi connectivity index (χ3n) is 3.87. The van der Waals surface area contributed by atoms with Gasteiger partial charge in [-0.1, -0.05) is 25.4 Å². The number of anilines is 1. The van der Waals surface area contributed by atoms with Gasteiger partial charge in [-0.25, -0.2) is 0 Å². The largest absolute Gasteiger partial charge is 0.481 e. The highest BCUT2D eigenvalue weighted by Gasteiger charge is 2.37. The number of carbonyl (C=O) groups excluding carboxylic acids is 1. The molecule has 0 radical (unpaired) electrons. The number of carboxylic acids is 1. The molecule has 0 bridgehead atoms. The zero-order chi connectivity index (χ0) is 17.8. The molecule has 0 unspecified atom stereocenters. The number of nitrogens with one attached hydrogen (secondary N) is 1. The van der Waals surface area contributed by atoms with Crippen LogP contribution in [0.25, 0.3) is 0 Å². The third-order valence-corrected chi connectivity index (χ3v) is 4.20. The molecule has 1 aromatic carbocycles. The first kappa shape index (κ1) is 19.3. The van der Waals surface area contributed by atoms with Crippen molar-refractivity contribution in [2.24, 2.45) is 5.41 Å². The average molecular weight is 352 g/mol. The Morgan fingerprint density at radius 2 is 1.78 bits per heavy atom. The second-order valence-electron chi connectivity index (χ2n) is 5.21. The molecule has 1 amide bonds. The molecule has 1 rings (SSSR count). The van der Waals surface area contributed by atoms with Crippen LogP contribution in [0.2, 0.25) is 5.02 Å². The van der Waals surface area contributed by atoms with Crippen molar-refractivity contribution < 1.29 is 27.9 Å². The van der Waals surface area contributed by atoms with Gasteiger partial charge in [-0.05, 0) is 31.0 Å². The van der Waals surface area contributed by atoms with Crippen molar-refractivity contribution in [3.8, 4) is 0 Å². The van der Waals surface area contributed by atoms with Crippen LogP contribution in [0, 0.1) is 5.41 Å². The highest BCUT2D eigenvalue weighted by atomic mass is 35.5. The minimum Gasteiger partial charge on any atom is -0.481 e. The highest BCUT2D eigenvalue weighted by molar-refractivity contribution is 6.33. The Bertz CT molecular complexity index is 598. The third kappa shape index (κ3) is 4.60. The smallest absolute Gasteiger partial charge is 0.416 e. The van der Waals surface area contributed by atoms with Gasteiger partial charge in [-0.2, -0.15) is 13.2 Å². The van der Waals surface area contributed by atoms with Crippen molar-refractivity contribution in [2.75, 3.05) is 5.32 Å². The summed E-state index contributed by atoms with van der Waals surface area (Å²) in [4.78, 5) is 23.4. The summed E-state index contributed by atoms with van der Waals surface area (Å²) < 4.78 is 38.1. The zero-order valence-electron chi connectivity index (χ0n) is 12.6. The second-order valence-corrected chi connectivity index (χ2v) is 5.62. The summed E-state index contributed by atoms with van der Waals surface area (Å²) in [7, 11) is 0. The molecule has 23 heavy (non-hydrogen) atoms. The number of benzene rings is 1. The van der Waals surface area contributed by atoms with Crippen LogP contribution >= 0.6 is 11.6 Å². The van der Waals surface area contributed by atoms with Gasteiger partial charge < -0.3 is 10.4 Å². The predicted molar refractivity (Wildman–Crippen MR) is 80.4 cm³/mol. The van der Waals surface area contributed by atoms with Crippen molar-refractivity contribution in [1.82, 2.24) is 0 Å². The SMILES string of the molecule is CCC(CC)(CC(=O)Nc1cc(C(F)(F)F)ccc1Cl)C(=O)O. The van der Waals surface area contributed by atoms with Crippen molar-refractivity contribution >= 4 is 29.2 Å². The molecule has 0 aromatic heterocycles. The number of aliphatic carboxylic acids is 1. The van der Waals surface area contributed by atoms with Gasteiger partial charge in [-0.15, -0.1) is 0 Å². The molecule has 0 atom stereocenters. The van der Waals surface area contributed by atoms with Gasteiger partial charge in [0.05, 0.1) is 21.7 Å². The molecular formula is C15H17ClF3NO3. The maximum atomic E-state index is 12.7. The lowest BCUT2D eigenvalue weighted by molar-refractivity contribution is -0.151. The molecule has 128 valence electrons. The van der Waals surface area contributed by atoms with E-state index in [0.717, 1.165) is 18.2 Å². The van der Waals surface area contributed by atoms with Crippen LogP contribution in [0.15, 0.2) is 18.2 Å². The fourth-order valence-electron chi connectivity index (χ4n) is 2.18. The monoisotopic (exact) mass is 351 g/mol. The van der Waals surface area contributed by atoms with Gasteiger partial charge in [0.25, 0.3) is 0 Å². The van der Waals surface area contributed by atoms with E-state index in [1.165, 1.54) is 0 Å². The second kappa shape index (κ2) is 7.21. The van der Waals surface area contributed by atoms with E-state index in [2.05, 4.69) is 5.32 Å². The molecule has 1 aromatic rings. The molecule has 8 heteroatoms. The average Bonchev–Trinajstić information content (AvgIpc) is 2.45. The topological polar surface area (TPSA) is 66.4 Å². The van der Waals surface area contributed by atoms with Crippen LogP contribution in [0.5, 0.6) is 0 Å². The van der Waals surface area contributed by atoms with Gasteiger partial charge in [0.15, 0.2) is 0 Å². The summed E-state index contributed by atoms with van der Waals surface area (Å²) in [5.74, 6) is -1.81. The van der Waals surface area contributed by atoms with Gasteiger partial charge in [0.2, 0.25) is 5.91 Å².